The molecule has 1 aromatic heterocycles. The first kappa shape index (κ1) is 31.3. The lowest BCUT2D eigenvalue weighted by Gasteiger charge is -2.40. The predicted molar refractivity (Wildman–Crippen MR) is 176 cm³/mol. The van der Waals surface area contributed by atoms with Gasteiger partial charge in [0.1, 0.15) is 28.6 Å². The number of para-hydroxylation sites is 1. The Morgan fingerprint density at radius 1 is 1.02 bits per heavy atom. The highest BCUT2D eigenvalue weighted by atomic mass is 35.5. The molecule has 0 bridgehead atoms. The van der Waals surface area contributed by atoms with E-state index < -0.39 is 29.7 Å². The molecule has 1 N–H and O–H groups in total. The molecule has 4 aromatic rings. The van der Waals surface area contributed by atoms with Crippen molar-refractivity contribution in [3.8, 4) is 22.8 Å². The molecule has 1 aliphatic carbocycles. The number of carbonyl (C=O) groups is 4. The van der Waals surface area contributed by atoms with Crippen LogP contribution in [0.2, 0.25) is 5.02 Å². The second-order valence-corrected chi connectivity index (χ2v) is 12.5. The number of carbonyl (C=O) groups excluding carboxylic acids is 4. The molecule has 1 fully saturated rings. The highest BCUT2D eigenvalue weighted by Gasteiger charge is 2.50. The maximum absolute atomic E-state index is 14.4. The number of hydrogen-bond donors (Lipinski definition) is 1. The number of benzene rings is 3. The van der Waals surface area contributed by atoms with Crippen LogP contribution in [0.25, 0.3) is 11.3 Å². The molecule has 12 heteroatoms. The number of fused-ring (bicyclic) bond motifs is 1. The molecule has 0 saturated heterocycles. The quantitative estimate of drug-likeness (QED) is 0.208. The minimum atomic E-state index is -1.25. The molecule has 0 unspecified atom stereocenters. The topological polar surface area (TPSA) is 118 Å². The smallest absolute Gasteiger partial charge is 0.299 e. The van der Waals surface area contributed by atoms with E-state index in [4.69, 9.17) is 26.1 Å². The van der Waals surface area contributed by atoms with Crippen LogP contribution in [0, 0.1) is 0 Å². The minimum absolute atomic E-state index is 0.0296. The lowest BCUT2D eigenvalue weighted by atomic mass is 9.92. The van der Waals surface area contributed by atoms with Crippen molar-refractivity contribution >= 4 is 57.8 Å². The van der Waals surface area contributed by atoms with Gasteiger partial charge in [0, 0.05) is 22.0 Å². The van der Waals surface area contributed by atoms with Crippen molar-refractivity contribution < 1.29 is 28.7 Å². The van der Waals surface area contributed by atoms with E-state index in [0.717, 1.165) is 18.4 Å². The normalized spacial score (nSPS) is 15.1. The summed E-state index contributed by atoms with van der Waals surface area (Å²) in [6.07, 6.45) is 2.24. The summed E-state index contributed by atoms with van der Waals surface area (Å²) in [5.41, 5.74) is 1.38. The van der Waals surface area contributed by atoms with E-state index in [9.17, 15) is 19.2 Å². The molecule has 3 amide bonds. The number of halogens is 1. The Labute approximate surface area is 274 Å². The number of ether oxygens (including phenoxy) is 2. The number of rotatable bonds is 10. The van der Waals surface area contributed by atoms with Crippen molar-refractivity contribution in [1.29, 1.82) is 0 Å². The lowest BCUT2D eigenvalue weighted by Crippen LogP contribution is -2.59. The van der Waals surface area contributed by atoms with E-state index in [-0.39, 0.29) is 18.0 Å². The molecule has 2 aliphatic rings. The fourth-order valence-corrected chi connectivity index (χ4v) is 7.01. The first-order chi connectivity index (χ1) is 22.2. The van der Waals surface area contributed by atoms with E-state index in [1.807, 2.05) is 17.5 Å². The Bertz CT molecular complexity index is 1820. The van der Waals surface area contributed by atoms with Crippen molar-refractivity contribution in [3.05, 3.63) is 87.7 Å². The number of hydrogen-bond acceptors (Lipinski definition) is 8. The van der Waals surface area contributed by atoms with E-state index in [1.165, 1.54) is 35.4 Å². The summed E-state index contributed by atoms with van der Waals surface area (Å²) in [5.74, 6) is -1.32. The highest BCUT2D eigenvalue weighted by Crippen LogP contribution is 2.40. The van der Waals surface area contributed by atoms with Gasteiger partial charge < -0.3 is 19.7 Å². The van der Waals surface area contributed by atoms with Crippen LogP contribution in [-0.4, -0.2) is 59.7 Å². The number of nitrogens with one attached hydrogen (secondary N) is 1. The summed E-state index contributed by atoms with van der Waals surface area (Å²) in [6.45, 7) is -0.375. The fourth-order valence-electron chi connectivity index (χ4n) is 6.10. The number of ketones is 1. The first-order valence-corrected chi connectivity index (χ1v) is 16.0. The van der Waals surface area contributed by atoms with Gasteiger partial charge in [0.25, 0.3) is 11.7 Å². The zero-order chi connectivity index (χ0) is 32.4. The van der Waals surface area contributed by atoms with Crippen LogP contribution in [0.1, 0.15) is 41.0 Å². The van der Waals surface area contributed by atoms with Gasteiger partial charge in [0.05, 0.1) is 43.4 Å². The molecular formula is C34H31ClN4O6S. The number of anilines is 2. The Hall–Kier alpha value is -4.74. The highest BCUT2D eigenvalue weighted by molar-refractivity contribution is 7.09. The van der Waals surface area contributed by atoms with Gasteiger partial charge in [0.15, 0.2) is 0 Å². The van der Waals surface area contributed by atoms with E-state index in [2.05, 4.69) is 5.32 Å². The summed E-state index contributed by atoms with van der Waals surface area (Å²) in [4.78, 5) is 62.1. The van der Waals surface area contributed by atoms with Crippen LogP contribution < -0.4 is 19.7 Å². The zero-order valence-electron chi connectivity index (χ0n) is 25.2. The Balaban J connectivity index is 1.36. The molecule has 10 nitrogen and oxygen atoms in total. The van der Waals surface area contributed by atoms with Crippen molar-refractivity contribution in [3.63, 3.8) is 0 Å². The summed E-state index contributed by atoms with van der Waals surface area (Å²) < 4.78 is 10.8. The van der Waals surface area contributed by atoms with E-state index in [0.29, 0.717) is 51.4 Å². The van der Waals surface area contributed by atoms with Crippen LogP contribution in [0.15, 0.2) is 72.1 Å². The number of amides is 3. The molecule has 1 saturated carbocycles. The van der Waals surface area contributed by atoms with Gasteiger partial charge in [0.2, 0.25) is 11.8 Å². The third kappa shape index (κ3) is 5.83. The van der Waals surface area contributed by atoms with Gasteiger partial charge in [-0.1, -0.05) is 48.7 Å². The number of nitrogens with zero attached hydrogens (tertiary/aromatic N) is 3. The van der Waals surface area contributed by atoms with Crippen LogP contribution >= 0.6 is 22.9 Å². The predicted octanol–water partition coefficient (Wildman–Crippen LogP) is 5.99. The van der Waals surface area contributed by atoms with Crippen LogP contribution in [-0.2, 0) is 20.9 Å². The molecule has 0 atom stereocenters. The van der Waals surface area contributed by atoms with Gasteiger partial charge in [-0.15, -0.1) is 11.3 Å². The van der Waals surface area contributed by atoms with Gasteiger partial charge in [-0.05, 0) is 49.2 Å². The first-order valence-electron chi connectivity index (χ1n) is 14.7. The largest absolute Gasteiger partial charge is 0.497 e. The van der Waals surface area contributed by atoms with Gasteiger partial charge in [-0.2, -0.15) is 0 Å². The Kier molecular flexibility index (Phi) is 8.79. The molecule has 2 heterocycles. The molecular weight excluding hydrogens is 628 g/mol. The molecule has 0 spiro atoms. The van der Waals surface area contributed by atoms with Crippen LogP contribution in [0.5, 0.6) is 11.5 Å². The van der Waals surface area contributed by atoms with Crippen molar-refractivity contribution in [1.82, 2.24) is 9.88 Å². The molecule has 46 heavy (non-hydrogen) atoms. The maximum Gasteiger partial charge on any atom is 0.299 e. The molecule has 6 rings (SSSR count). The average molecular weight is 659 g/mol. The standard InChI is InChI=1S/C34H31ClN4O6S/c1-44-23-13-14-25(28(17-23)45-2)37-33(43)34(15-5-6-16-34)39(18-29-36-26(20-46-29)21-9-11-22(35)12-10-21)30(40)19-38-27-8-4-3-7-24(27)31(41)32(38)42/h3-4,7-14,17,20H,5-6,15-16,18-19H2,1-2H3,(H,37,43). The van der Waals surface area contributed by atoms with Crippen molar-refractivity contribution in [2.24, 2.45) is 0 Å². The van der Waals surface area contributed by atoms with Gasteiger partial charge >= 0.3 is 0 Å². The van der Waals surface area contributed by atoms with Crippen LogP contribution in [0.4, 0.5) is 11.4 Å². The molecule has 3 aromatic carbocycles. The molecule has 236 valence electrons. The second-order valence-electron chi connectivity index (χ2n) is 11.1. The summed E-state index contributed by atoms with van der Waals surface area (Å²) >= 11 is 7.45. The van der Waals surface area contributed by atoms with Gasteiger partial charge in [-0.25, -0.2) is 4.98 Å². The van der Waals surface area contributed by atoms with E-state index in [1.54, 1.807) is 54.6 Å². The maximum atomic E-state index is 14.4. The number of thiazole rings is 1. The third-order valence-corrected chi connectivity index (χ3v) is 9.57. The monoisotopic (exact) mass is 658 g/mol. The summed E-state index contributed by atoms with van der Waals surface area (Å²) in [7, 11) is 3.04. The average Bonchev–Trinajstić information content (AvgIpc) is 3.81. The summed E-state index contributed by atoms with van der Waals surface area (Å²) in [6, 6.07) is 19.0. The SMILES string of the molecule is COc1ccc(NC(=O)C2(N(Cc3nc(-c4ccc(Cl)cc4)cs3)C(=O)CN3C(=O)C(=O)c4ccccc43)CCCC2)c(OC)c1. The van der Waals surface area contributed by atoms with Crippen LogP contribution in [0.3, 0.4) is 0 Å². The lowest BCUT2D eigenvalue weighted by molar-refractivity contribution is -0.145. The Morgan fingerprint density at radius 3 is 2.48 bits per heavy atom. The molecule has 0 radical (unpaired) electrons. The van der Waals surface area contributed by atoms with Crippen molar-refractivity contribution in [2.75, 3.05) is 31.0 Å². The number of Topliss-reactive ketones (excluding diaryl/α,β-unsaturated/α-hetero) is 1. The van der Waals surface area contributed by atoms with Gasteiger partial charge in [-0.3, -0.25) is 24.1 Å². The summed E-state index contributed by atoms with van der Waals surface area (Å²) in [5, 5.41) is 6.11. The fraction of sp³-hybridized carbons (Fsp3) is 0.265. The second kappa shape index (κ2) is 12.9. The van der Waals surface area contributed by atoms with Crippen molar-refractivity contribution in [2.45, 2.75) is 37.8 Å². The third-order valence-electron chi connectivity index (χ3n) is 8.49. The number of aromatic nitrogens is 1. The molecule has 1 aliphatic heterocycles. The zero-order valence-corrected chi connectivity index (χ0v) is 26.8. The Morgan fingerprint density at radius 2 is 1.76 bits per heavy atom. The number of methoxy groups -OCH3 is 2. The minimum Gasteiger partial charge on any atom is -0.497 e. The van der Waals surface area contributed by atoms with E-state index >= 15 is 0 Å².